The highest BCUT2D eigenvalue weighted by atomic mass is 32.2. The van der Waals surface area contributed by atoms with E-state index in [2.05, 4.69) is 0 Å². The number of ketones is 1. The van der Waals surface area contributed by atoms with Gasteiger partial charge in [-0.2, -0.15) is 4.31 Å². The van der Waals surface area contributed by atoms with Gasteiger partial charge in [0.15, 0.2) is 0 Å². The number of hydrogen-bond donors (Lipinski definition) is 1. The number of Topliss-reactive ketones (excluding diaryl/α,β-unsaturated/α-hetero) is 1. The van der Waals surface area contributed by atoms with Gasteiger partial charge < -0.3 is 5.11 Å². The maximum absolute atomic E-state index is 12.4. The number of aryl methyl sites for hydroxylation is 1. The van der Waals surface area contributed by atoms with E-state index in [1.807, 2.05) is 6.92 Å². The Labute approximate surface area is 113 Å². The Morgan fingerprint density at radius 3 is 2.32 bits per heavy atom. The first-order valence-corrected chi connectivity index (χ1v) is 7.49. The molecule has 0 aliphatic carbocycles. The van der Waals surface area contributed by atoms with E-state index in [0.29, 0.717) is 6.42 Å². The summed E-state index contributed by atoms with van der Waals surface area (Å²) < 4.78 is 25.9. The third kappa shape index (κ3) is 4.41. The molecule has 0 saturated carbocycles. The molecule has 6 heteroatoms. The third-order valence-corrected chi connectivity index (χ3v) is 4.48. The average Bonchev–Trinajstić information content (AvgIpc) is 2.34. The number of sulfonamides is 1. The average molecular weight is 285 g/mol. The van der Waals surface area contributed by atoms with Crippen LogP contribution >= 0.6 is 0 Å². The minimum absolute atomic E-state index is 0.113. The molecule has 1 aromatic carbocycles. The largest absolute Gasteiger partial charge is 0.396 e. The predicted octanol–water partition coefficient (Wildman–Crippen LogP) is 0.957. The lowest BCUT2D eigenvalue weighted by molar-refractivity contribution is -0.117. The van der Waals surface area contributed by atoms with Crippen LogP contribution < -0.4 is 0 Å². The zero-order valence-electron chi connectivity index (χ0n) is 11.2. The molecule has 0 heterocycles. The highest BCUT2D eigenvalue weighted by Gasteiger charge is 2.24. The topological polar surface area (TPSA) is 74.7 Å². The monoisotopic (exact) mass is 285 g/mol. The molecule has 1 rings (SSSR count). The van der Waals surface area contributed by atoms with Crippen molar-refractivity contribution in [1.82, 2.24) is 4.31 Å². The molecule has 19 heavy (non-hydrogen) atoms. The number of carbonyl (C=O) groups excluding carboxylic acids is 1. The highest BCUT2D eigenvalue weighted by molar-refractivity contribution is 7.89. The molecule has 0 aliphatic rings. The van der Waals surface area contributed by atoms with Crippen LogP contribution in [0.15, 0.2) is 29.2 Å². The van der Waals surface area contributed by atoms with Crippen LogP contribution in [0.4, 0.5) is 0 Å². The summed E-state index contributed by atoms with van der Waals surface area (Å²) in [5.74, 6) is -0.228. The van der Waals surface area contributed by atoms with Gasteiger partial charge in [0.25, 0.3) is 0 Å². The van der Waals surface area contributed by atoms with E-state index in [1.54, 1.807) is 12.1 Å². The first-order valence-electron chi connectivity index (χ1n) is 6.05. The van der Waals surface area contributed by atoms with Crippen LogP contribution in [-0.2, 0) is 14.8 Å². The fraction of sp³-hybridized carbons (Fsp3) is 0.462. The van der Waals surface area contributed by atoms with Gasteiger partial charge in [-0.05, 0) is 32.4 Å². The van der Waals surface area contributed by atoms with Crippen LogP contribution in [-0.4, -0.2) is 43.3 Å². The lowest BCUT2D eigenvalue weighted by Crippen LogP contribution is -2.36. The van der Waals surface area contributed by atoms with Crippen molar-refractivity contribution in [3.05, 3.63) is 29.8 Å². The van der Waals surface area contributed by atoms with Crippen LogP contribution in [0, 0.1) is 6.92 Å². The van der Waals surface area contributed by atoms with Crippen molar-refractivity contribution in [2.24, 2.45) is 0 Å². The minimum Gasteiger partial charge on any atom is -0.396 e. The first-order chi connectivity index (χ1) is 8.87. The lowest BCUT2D eigenvalue weighted by atomic mass is 10.2. The van der Waals surface area contributed by atoms with Crippen molar-refractivity contribution in [2.75, 3.05) is 19.7 Å². The molecule has 0 radical (unpaired) electrons. The Bertz CT molecular complexity index is 522. The van der Waals surface area contributed by atoms with Crippen molar-refractivity contribution in [3.8, 4) is 0 Å². The molecule has 0 fully saturated rings. The standard InChI is InChI=1S/C13H19NO4S/c1-11-4-6-13(7-5-11)19(17,18)14(8-3-9-15)10-12(2)16/h4-7,15H,3,8-10H2,1-2H3. The molecule has 0 atom stereocenters. The van der Waals surface area contributed by atoms with E-state index in [9.17, 15) is 13.2 Å². The van der Waals surface area contributed by atoms with E-state index in [1.165, 1.54) is 19.1 Å². The molecular weight excluding hydrogens is 266 g/mol. The van der Waals surface area contributed by atoms with Crippen LogP contribution in [0.3, 0.4) is 0 Å². The summed E-state index contributed by atoms with van der Waals surface area (Å²) >= 11 is 0. The second-order valence-electron chi connectivity index (χ2n) is 4.43. The summed E-state index contributed by atoms with van der Waals surface area (Å²) in [6.07, 6.45) is 0.304. The molecule has 1 aromatic rings. The second-order valence-corrected chi connectivity index (χ2v) is 6.37. The fourth-order valence-electron chi connectivity index (χ4n) is 1.64. The smallest absolute Gasteiger partial charge is 0.243 e. The molecule has 0 spiro atoms. The maximum atomic E-state index is 12.4. The van der Waals surface area contributed by atoms with Gasteiger partial charge in [-0.15, -0.1) is 0 Å². The highest BCUT2D eigenvalue weighted by Crippen LogP contribution is 2.16. The Balaban J connectivity index is 3.03. The molecular formula is C13H19NO4S. The molecule has 0 amide bonds. The van der Waals surface area contributed by atoms with Gasteiger partial charge >= 0.3 is 0 Å². The summed E-state index contributed by atoms with van der Waals surface area (Å²) in [7, 11) is -3.68. The lowest BCUT2D eigenvalue weighted by Gasteiger charge is -2.20. The molecule has 0 unspecified atom stereocenters. The van der Waals surface area contributed by atoms with E-state index >= 15 is 0 Å². The van der Waals surface area contributed by atoms with Crippen molar-refractivity contribution >= 4 is 15.8 Å². The molecule has 0 saturated heterocycles. The number of carbonyl (C=O) groups is 1. The van der Waals surface area contributed by atoms with Crippen molar-refractivity contribution in [3.63, 3.8) is 0 Å². The number of nitrogens with zero attached hydrogens (tertiary/aromatic N) is 1. The zero-order chi connectivity index (χ0) is 14.5. The van der Waals surface area contributed by atoms with E-state index < -0.39 is 10.0 Å². The first kappa shape index (κ1) is 15.8. The predicted molar refractivity (Wildman–Crippen MR) is 72.3 cm³/mol. The quantitative estimate of drug-likeness (QED) is 0.809. The van der Waals surface area contributed by atoms with Crippen molar-refractivity contribution in [2.45, 2.75) is 25.2 Å². The van der Waals surface area contributed by atoms with Gasteiger partial charge in [0, 0.05) is 13.2 Å². The summed E-state index contributed by atoms with van der Waals surface area (Å²) in [6, 6.07) is 6.48. The maximum Gasteiger partial charge on any atom is 0.243 e. The van der Waals surface area contributed by atoms with E-state index in [4.69, 9.17) is 5.11 Å². The Kier molecular flexibility index (Phi) is 5.65. The molecule has 1 N–H and O–H groups in total. The van der Waals surface area contributed by atoms with E-state index in [-0.39, 0.29) is 30.4 Å². The van der Waals surface area contributed by atoms with Gasteiger partial charge in [-0.3, -0.25) is 4.79 Å². The summed E-state index contributed by atoms with van der Waals surface area (Å²) in [5.41, 5.74) is 0.965. The molecule has 5 nitrogen and oxygen atoms in total. The Morgan fingerprint density at radius 1 is 1.26 bits per heavy atom. The van der Waals surface area contributed by atoms with Crippen LogP contribution in [0.1, 0.15) is 18.9 Å². The van der Waals surface area contributed by atoms with E-state index in [0.717, 1.165) is 9.87 Å². The normalized spacial score (nSPS) is 11.8. The number of rotatable bonds is 7. The Morgan fingerprint density at radius 2 is 1.84 bits per heavy atom. The Hall–Kier alpha value is -1.24. The fourth-order valence-corrected chi connectivity index (χ4v) is 3.14. The summed E-state index contributed by atoms with van der Waals surface area (Å²) in [5, 5.41) is 8.82. The number of aliphatic hydroxyl groups excluding tert-OH is 1. The zero-order valence-corrected chi connectivity index (χ0v) is 12.0. The van der Waals surface area contributed by atoms with Gasteiger partial charge in [0.05, 0.1) is 11.4 Å². The minimum atomic E-state index is -3.68. The van der Waals surface area contributed by atoms with Crippen molar-refractivity contribution in [1.29, 1.82) is 0 Å². The van der Waals surface area contributed by atoms with Crippen LogP contribution in [0.25, 0.3) is 0 Å². The van der Waals surface area contributed by atoms with Gasteiger partial charge in [-0.25, -0.2) is 8.42 Å². The van der Waals surface area contributed by atoms with Gasteiger partial charge in [-0.1, -0.05) is 17.7 Å². The summed E-state index contributed by atoms with van der Waals surface area (Å²) in [4.78, 5) is 11.3. The van der Waals surface area contributed by atoms with Crippen LogP contribution in [0.5, 0.6) is 0 Å². The third-order valence-electron chi connectivity index (χ3n) is 2.62. The molecule has 0 bridgehead atoms. The van der Waals surface area contributed by atoms with Crippen molar-refractivity contribution < 1.29 is 18.3 Å². The molecule has 0 aromatic heterocycles. The number of benzene rings is 1. The summed E-state index contributed by atoms with van der Waals surface area (Å²) in [6.45, 7) is 3.06. The van der Waals surface area contributed by atoms with Gasteiger partial charge in [0.2, 0.25) is 10.0 Å². The number of hydrogen-bond acceptors (Lipinski definition) is 4. The SMILES string of the molecule is CC(=O)CN(CCCO)S(=O)(=O)c1ccc(C)cc1. The van der Waals surface area contributed by atoms with Crippen LogP contribution in [0.2, 0.25) is 0 Å². The number of aliphatic hydroxyl groups is 1. The second kappa shape index (κ2) is 6.79. The molecule has 0 aliphatic heterocycles. The van der Waals surface area contributed by atoms with Gasteiger partial charge in [0.1, 0.15) is 5.78 Å². The molecule has 106 valence electrons.